The molecule has 1 aliphatic carbocycles. The number of ether oxygens (including phenoxy) is 1. The van der Waals surface area contributed by atoms with Gasteiger partial charge in [0.1, 0.15) is 0 Å². The van der Waals surface area contributed by atoms with E-state index in [0.29, 0.717) is 0 Å². The molecule has 3 atom stereocenters. The summed E-state index contributed by atoms with van der Waals surface area (Å²) >= 11 is 0. The minimum absolute atomic E-state index is 0.752. The predicted octanol–water partition coefficient (Wildman–Crippen LogP) is 2.34. The number of nitrogens with one attached hydrogen (secondary N) is 1. The van der Waals surface area contributed by atoms with Crippen LogP contribution < -0.4 is 5.32 Å². The minimum Gasteiger partial charge on any atom is -0.376 e. The lowest BCUT2D eigenvalue weighted by Crippen LogP contribution is -2.21. The molecule has 2 nitrogen and oxygen atoms in total. The van der Waals surface area contributed by atoms with Crippen LogP contribution in [0.15, 0.2) is 30.3 Å². The Morgan fingerprint density at radius 3 is 2.94 bits per heavy atom. The minimum atomic E-state index is 0.752. The van der Waals surface area contributed by atoms with Crippen LogP contribution in [-0.2, 0) is 11.3 Å². The molecule has 0 spiro atoms. The molecule has 0 amide bonds. The van der Waals surface area contributed by atoms with Gasteiger partial charge in [0.05, 0.1) is 13.2 Å². The lowest BCUT2D eigenvalue weighted by atomic mass is 9.90. The van der Waals surface area contributed by atoms with Crippen molar-refractivity contribution in [2.24, 2.45) is 5.92 Å². The molecule has 0 aromatic heterocycles. The molecule has 0 bridgehead atoms. The van der Waals surface area contributed by atoms with Gasteiger partial charge in [-0.25, -0.2) is 0 Å². The Hall–Kier alpha value is -0.860. The molecule has 0 unspecified atom stereocenters. The summed E-state index contributed by atoms with van der Waals surface area (Å²) in [5.74, 6) is 0.752. The van der Waals surface area contributed by atoms with Crippen LogP contribution in [0.1, 0.15) is 24.8 Å². The maximum absolute atomic E-state index is 5.82. The van der Waals surface area contributed by atoms with E-state index in [9.17, 15) is 0 Å². The van der Waals surface area contributed by atoms with Crippen molar-refractivity contribution >= 4 is 0 Å². The van der Waals surface area contributed by atoms with Gasteiger partial charge >= 0.3 is 0 Å². The van der Waals surface area contributed by atoms with Crippen LogP contribution in [0.5, 0.6) is 0 Å². The van der Waals surface area contributed by atoms with Crippen molar-refractivity contribution in [1.82, 2.24) is 5.32 Å². The zero-order chi connectivity index (χ0) is 10.8. The van der Waals surface area contributed by atoms with Crippen molar-refractivity contribution in [2.45, 2.75) is 38.0 Å². The molecule has 0 radical (unpaired) electrons. The maximum Gasteiger partial charge on any atom is 0.0717 e. The van der Waals surface area contributed by atoms with E-state index < -0.39 is 0 Å². The highest BCUT2D eigenvalue weighted by molar-refractivity contribution is 5.13. The van der Waals surface area contributed by atoms with Crippen molar-refractivity contribution in [3.63, 3.8) is 0 Å². The lowest BCUT2D eigenvalue weighted by molar-refractivity contribution is 0.0789. The van der Waals surface area contributed by atoms with Crippen LogP contribution >= 0.6 is 0 Å². The van der Waals surface area contributed by atoms with E-state index in [2.05, 4.69) is 29.6 Å². The third-order valence-corrected chi connectivity index (χ3v) is 3.77. The molecular formula is C14H19NO. The van der Waals surface area contributed by atoms with Gasteiger partial charge < -0.3 is 10.1 Å². The molecule has 3 rings (SSSR count). The van der Waals surface area contributed by atoms with Gasteiger partial charge in [-0.2, -0.15) is 0 Å². The number of benzene rings is 1. The smallest absolute Gasteiger partial charge is 0.0717 e. The first-order valence-electron chi connectivity index (χ1n) is 6.31. The van der Waals surface area contributed by atoms with Crippen LogP contribution in [0, 0.1) is 5.92 Å². The van der Waals surface area contributed by atoms with E-state index in [1.54, 1.807) is 0 Å². The Bertz CT molecular complexity index is 338. The van der Waals surface area contributed by atoms with E-state index in [1.807, 2.05) is 6.07 Å². The zero-order valence-electron chi connectivity index (χ0n) is 9.56. The van der Waals surface area contributed by atoms with Gasteiger partial charge in [-0.15, -0.1) is 0 Å². The van der Waals surface area contributed by atoms with Crippen LogP contribution in [-0.4, -0.2) is 18.7 Å². The molecule has 1 saturated heterocycles. The predicted molar refractivity (Wildman–Crippen MR) is 64.2 cm³/mol. The molecule has 1 aromatic carbocycles. The summed E-state index contributed by atoms with van der Waals surface area (Å²) in [5.41, 5.74) is 1.28. The summed E-state index contributed by atoms with van der Waals surface area (Å²) in [6.45, 7) is 1.68. The molecule has 1 heterocycles. The first-order chi connectivity index (χ1) is 7.93. The fraction of sp³-hybridized carbons (Fsp3) is 0.571. The summed E-state index contributed by atoms with van der Waals surface area (Å²) in [5, 5.41) is 3.55. The summed E-state index contributed by atoms with van der Waals surface area (Å²) in [4.78, 5) is 0. The Balaban J connectivity index is 1.43. The fourth-order valence-corrected chi connectivity index (χ4v) is 2.79. The van der Waals surface area contributed by atoms with Crippen LogP contribution in [0.2, 0.25) is 0 Å². The molecule has 2 fully saturated rings. The van der Waals surface area contributed by atoms with Gasteiger partial charge in [-0.05, 0) is 24.3 Å². The maximum atomic E-state index is 5.82. The van der Waals surface area contributed by atoms with Gasteiger partial charge in [0.2, 0.25) is 0 Å². The highest BCUT2D eigenvalue weighted by atomic mass is 16.5. The second kappa shape index (κ2) is 4.56. The monoisotopic (exact) mass is 217 g/mol. The number of rotatable bonds is 4. The average Bonchev–Trinajstić information content (AvgIpc) is 3.10. The number of fused-ring (bicyclic) bond motifs is 1. The standard InChI is InChI=1S/C14H19NO/c1-2-5-11(6-3-1)9-16-10-12-7-4-8-13-14(12)15-13/h1-3,5-6,12-15H,4,7-10H2/t12-,13+,14-/m0/s1. The van der Waals surface area contributed by atoms with Crippen molar-refractivity contribution in [1.29, 1.82) is 0 Å². The SMILES string of the molecule is c1ccc(COC[C@@H]2CCC[C@H]3N[C@@H]23)cc1. The van der Waals surface area contributed by atoms with E-state index in [0.717, 1.165) is 31.2 Å². The van der Waals surface area contributed by atoms with Gasteiger partial charge in [-0.3, -0.25) is 0 Å². The first-order valence-corrected chi connectivity index (χ1v) is 6.31. The molecular weight excluding hydrogens is 198 g/mol. The lowest BCUT2D eigenvalue weighted by Gasteiger charge is -2.19. The van der Waals surface area contributed by atoms with Crippen LogP contribution in [0.4, 0.5) is 0 Å². The highest BCUT2D eigenvalue weighted by Gasteiger charge is 2.44. The second-order valence-corrected chi connectivity index (χ2v) is 4.99. The van der Waals surface area contributed by atoms with Gasteiger partial charge in [-0.1, -0.05) is 36.8 Å². The van der Waals surface area contributed by atoms with E-state index in [4.69, 9.17) is 4.74 Å². The molecule has 2 heteroatoms. The largest absolute Gasteiger partial charge is 0.376 e. The third kappa shape index (κ3) is 2.28. The third-order valence-electron chi connectivity index (χ3n) is 3.77. The van der Waals surface area contributed by atoms with E-state index in [-0.39, 0.29) is 0 Å². The summed E-state index contributed by atoms with van der Waals surface area (Å²) in [7, 11) is 0. The molecule has 1 aromatic rings. The second-order valence-electron chi connectivity index (χ2n) is 4.99. The molecule has 1 saturated carbocycles. The van der Waals surface area contributed by atoms with E-state index >= 15 is 0 Å². The number of hydrogen-bond acceptors (Lipinski definition) is 2. The Kier molecular flexibility index (Phi) is 2.94. The van der Waals surface area contributed by atoms with Crippen LogP contribution in [0.3, 0.4) is 0 Å². The topological polar surface area (TPSA) is 31.2 Å². The van der Waals surface area contributed by atoms with Crippen molar-refractivity contribution in [2.75, 3.05) is 6.61 Å². The molecule has 1 aliphatic heterocycles. The van der Waals surface area contributed by atoms with Gasteiger partial charge in [0.25, 0.3) is 0 Å². The summed E-state index contributed by atoms with van der Waals surface area (Å²) < 4.78 is 5.82. The molecule has 1 N–H and O–H groups in total. The molecule has 2 aliphatic rings. The van der Waals surface area contributed by atoms with E-state index in [1.165, 1.54) is 24.8 Å². The van der Waals surface area contributed by atoms with Gasteiger partial charge in [0.15, 0.2) is 0 Å². The van der Waals surface area contributed by atoms with Crippen molar-refractivity contribution < 1.29 is 4.74 Å². The molecule has 16 heavy (non-hydrogen) atoms. The Labute approximate surface area is 97.0 Å². The van der Waals surface area contributed by atoms with Crippen LogP contribution in [0.25, 0.3) is 0 Å². The summed E-state index contributed by atoms with van der Waals surface area (Å²) in [6, 6.07) is 12.0. The number of hydrogen-bond donors (Lipinski definition) is 1. The summed E-state index contributed by atoms with van der Waals surface area (Å²) in [6.07, 6.45) is 4.08. The first kappa shape index (κ1) is 10.3. The fourth-order valence-electron chi connectivity index (χ4n) is 2.79. The Morgan fingerprint density at radius 1 is 1.19 bits per heavy atom. The average molecular weight is 217 g/mol. The Morgan fingerprint density at radius 2 is 2.06 bits per heavy atom. The zero-order valence-corrected chi connectivity index (χ0v) is 9.56. The van der Waals surface area contributed by atoms with Crippen molar-refractivity contribution in [3.8, 4) is 0 Å². The quantitative estimate of drug-likeness (QED) is 0.785. The van der Waals surface area contributed by atoms with Gasteiger partial charge in [0, 0.05) is 12.1 Å². The molecule has 86 valence electrons. The normalized spacial score (nSPS) is 32.1. The van der Waals surface area contributed by atoms with Crippen molar-refractivity contribution in [3.05, 3.63) is 35.9 Å². The highest BCUT2D eigenvalue weighted by Crippen LogP contribution is 2.34.